The number of rotatable bonds is 4. The van der Waals surface area contributed by atoms with Crippen LogP contribution in [0.4, 0.5) is 0 Å². The van der Waals surface area contributed by atoms with E-state index in [1.165, 1.54) is 0 Å². The van der Waals surface area contributed by atoms with E-state index >= 15 is 0 Å². The third-order valence-corrected chi connectivity index (χ3v) is 5.48. The number of nitriles is 2. The van der Waals surface area contributed by atoms with Crippen LogP contribution in [-0.4, -0.2) is 0 Å². The van der Waals surface area contributed by atoms with E-state index in [0.717, 1.165) is 16.7 Å². The van der Waals surface area contributed by atoms with Gasteiger partial charge in [0.2, 0.25) is 0 Å². The maximum atomic E-state index is 9.92. The number of benzene rings is 2. The van der Waals surface area contributed by atoms with Crippen LogP contribution in [0.5, 0.6) is 0 Å². The molecule has 0 saturated heterocycles. The van der Waals surface area contributed by atoms with Crippen molar-refractivity contribution < 1.29 is 0 Å². The Labute approximate surface area is 143 Å². The van der Waals surface area contributed by atoms with Crippen molar-refractivity contribution in [3.63, 3.8) is 0 Å². The molecule has 0 heterocycles. The fourth-order valence-corrected chi connectivity index (χ4v) is 3.92. The molecule has 2 aromatic carbocycles. The Bertz CT molecular complexity index is 770. The predicted octanol–water partition coefficient (Wildman–Crippen LogP) is 4.75. The zero-order valence-corrected chi connectivity index (χ0v) is 14.0. The molecule has 2 heteroatoms. The average Bonchev–Trinajstić information content (AvgIpc) is 3.34. The van der Waals surface area contributed by atoms with Crippen molar-refractivity contribution in [3.05, 3.63) is 83.9 Å². The zero-order valence-electron chi connectivity index (χ0n) is 14.0. The summed E-state index contributed by atoms with van der Waals surface area (Å²) in [4.78, 5) is 0. The lowest BCUT2D eigenvalue weighted by Crippen LogP contribution is -2.30. The third-order valence-electron chi connectivity index (χ3n) is 5.48. The minimum absolute atomic E-state index is 0.0187. The van der Waals surface area contributed by atoms with Gasteiger partial charge in [-0.2, -0.15) is 10.5 Å². The lowest BCUT2D eigenvalue weighted by Gasteiger charge is -2.27. The van der Waals surface area contributed by atoms with Crippen LogP contribution in [0.3, 0.4) is 0 Å². The third kappa shape index (κ3) is 2.24. The van der Waals surface area contributed by atoms with E-state index < -0.39 is 10.8 Å². The van der Waals surface area contributed by atoms with Crippen molar-refractivity contribution >= 4 is 0 Å². The lowest BCUT2D eigenvalue weighted by atomic mass is 9.72. The molecule has 1 fully saturated rings. The highest BCUT2D eigenvalue weighted by Crippen LogP contribution is 2.63. The molecule has 1 aliphatic carbocycles. The Morgan fingerprint density at radius 3 is 1.38 bits per heavy atom. The monoisotopic (exact) mass is 312 g/mol. The molecule has 2 aromatic rings. The first-order valence-corrected chi connectivity index (χ1v) is 8.11. The summed E-state index contributed by atoms with van der Waals surface area (Å²) in [7, 11) is 0. The Balaban J connectivity index is 2.03. The molecule has 0 amide bonds. The van der Waals surface area contributed by atoms with Gasteiger partial charge in [0.25, 0.3) is 0 Å². The Hall–Kier alpha value is -2.84. The molecule has 2 nitrogen and oxygen atoms in total. The van der Waals surface area contributed by atoms with E-state index in [1.54, 1.807) is 0 Å². The van der Waals surface area contributed by atoms with Crippen LogP contribution in [-0.2, 0) is 10.8 Å². The maximum absolute atomic E-state index is 9.92. The van der Waals surface area contributed by atoms with Gasteiger partial charge in [0, 0.05) is 11.8 Å². The summed E-state index contributed by atoms with van der Waals surface area (Å²) >= 11 is 0. The van der Waals surface area contributed by atoms with Gasteiger partial charge >= 0.3 is 0 Å². The molecular weight excluding hydrogens is 292 g/mol. The van der Waals surface area contributed by atoms with E-state index in [0.29, 0.717) is 0 Å². The second-order valence-electron chi connectivity index (χ2n) is 6.89. The second kappa shape index (κ2) is 5.66. The molecule has 24 heavy (non-hydrogen) atoms. The molecule has 1 aliphatic rings. The summed E-state index contributed by atoms with van der Waals surface area (Å²) in [6, 6.07) is 24.6. The second-order valence-corrected chi connectivity index (χ2v) is 6.89. The van der Waals surface area contributed by atoms with Crippen molar-refractivity contribution in [3.8, 4) is 12.1 Å². The van der Waals surface area contributed by atoms with Crippen molar-refractivity contribution in [1.29, 1.82) is 10.5 Å². The first kappa shape index (κ1) is 16.0. The molecule has 1 saturated carbocycles. The van der Waals surface area contributed by atoms with Gasteiger partial charge in [0.15, 0.2) is 0 Å². The summed E-state index contributed by atoms with van der Waals surface area (Å²) in [6.45, 7) is 8.13. The van der Waals surface area contributed by atoms with Gasteiger partial charge in [-0.15, -0.1) is 0 Å². The predicted molar refractivity (Wildman–Crippen MR) is 94.9 cm³/mol. The van der Waals surface area contributed by atoms with Gasteiger partial charge < -0.3 is 0 Å². The molecule has 0 N–H and O–H groups in total. The minimum Gasteiger partial charge on any atom is -0.197 e. The molecule has 0 aromatic heterocycles. The van der Waals surface area contributed by atoms with Gasteiger partial charge in [-0.3, -0.25) is 0 Å². The van der Waals surface area contributed by atoms with Gasteiger partial charge in [-0.1, -0.05) is 72.8 Å². The summed E-state index contributed by atoms with van der Waals surface area (Å²) in [6.07, 6.45) is 0. The summed E-state index contributed by atoms with van der Waals surface area (Å²) in [5.74, 6) is -0.0375. The summed E-state index contributed by atoms with van der Waals surface area (Å²) < 4.78 is 0. The van der Waals surface area contributed by atoms with Crippen LogP contribution in [0.15, 0.2) is 72.8 Å². The van der Waals surface area contributed by atoms with Crippen molar-refractivity contribution in [1.82, 2.24) is 0 Å². The molecule has 0 bridgehead atoms. The van der Waals surface area contributed by atoms with Crippen LogP contribution >= 0.6 is 0 Å². The Kier molecular flexibility index (Phi) is 3.78. The topological polar surface area (TPSA) is 47.6 Å². The Morgan fingerprint density at radius 2 is 1.08 bits per heavy atom. The Morgan fingerprint density at radius 1 is 0.750 bits per heavy atom. The quantitative estimate of drug-likeness (QED) is 0.765. The van der Waals surface area contributed by atoms with Gasteiger partial charge in [-0.05, 0) is 25.0 Å². The largest absolute Gasteiger partial charge is 0.197 e. The highest BCUT2D eigenvalue weighted by Gasteiger charge is 2.62. The number of hydrogen-bond donors (Lipinski definition) is 0. The van der Waals surface area contributed by atoms with E-state index in [1.807, 2.05) is 74.5 Å². The SMILES string of the molecule is C=C1C(C(C)(C#N)c2ccccc2)C1C(C)(C#N)c1ccccc1. The van der Waals surface area contributed by atoms with Crippen LogP contribution in [0.25, 0.3) is 0 Å². The van der Waals surface area contributed by atoms with E-state index in [-0.39, 0.29) is 11.8 Å². The molecule has 0 spiro atoms. The zero-order chi connectivity index (χ0) is 17.4. The first-order valence-electron chi connectivity index (χ1n) is 8.11. The number of allylic oxidation sites excluding steroid dienone is 1. The summed E-state index contributed by atoms with van der Waals surface area (Å²) in [5, 5.41) is 19.8. The lowest BCUT2D eigenvalue weighted by molar-refractivity contribution is 0.418. The fraction of sp³-hybridized carbons (Fsp3) is 0.273. The molecule has 3 rings (SSSR count). The smallest absolute Gasteiger partial charge is 0.0865 e. The number of nitrogens with zero attached hydrogens (tertiary/aromatic N) is 2. The molecule has 4 unspecified atom stereocenters. The molecule has 0 aliphatic heterocycles. The molecule has 4 atom stereocenters. The minimum atomic E-state index is -0.671. The van der Waals surface area contributed by atoms with Gasteiger partial charge in [0.05, 0.1) is 23.0 Å². The first-order chi connectivity index (χ1) is 11.5. The standard InChI is InChI=1S/C22H20N2/c1-16-19(21(2,14-23)17-10-6-4-7-11-17)20(16)22(3,15-24)18-12-8-5-9-13-18/h4-13,19-20H,1H2,2-3H3. The van der Waals surface area contributed by atoms with Crippen LogP contribution < -0.4 is 0 Å². The van der Waals surface area contributed by atoms with E-state index in [9.17, 15) is 10.5 Å². The van der Waals surface area contributed by atoms with E-state index in [2.05, 4.69) is 18.7 Å². The van der Waals surface area contributed by atoms with E-state index in [4.69, 9.17) is 0 Å². The van der Waals surface area contributed by atoms with Crippen molar-refractivity contribution in [2.24, 2.45) is 11.8 Å². The summed E-state index contributed by atoms with van der Waals surface area (Å²) in [5.41, 5.74) is 1.62. The maximum Gasteiger partial charge on any atom is 0.0865 e. The van der Waals surface area contributed by atoms with Gasteiger partial charge in [0.1, 0.15) is 0 Å². The number of hydrogen-bond acceptors (Lipinski definition) is 2. The van der Waals surface area contributed by atoms with Gasteiger partial charge in [-0.25, -0.2) is 0 Å². The fourth-order valence-electron chi connectivity index (χ4n) is 3.92. The molecule has 118 valence electrons. The average molecular weight is 312 g/mol. The normalized spacial score (nSPS) is 24.1. The molecule has 0 radical (unpaired) electrons. The van der Waals surface area contributed by atoms with Crippen LogP contribution in [0.1, 0.15) is 25.0 Å². The van der Waals surface area contributed by atoms with Crippen LogP contribution in [0, 0.1) is 34.5 Å². The molecular formula is C22H20N2. The highest BCUT2D eigenvalue weighted by atomic mass is 14.6. The van der Waals surface area contributed by atoms with Crippen LogP contribution in [0.2, 0.25) is 0 Å². The highest BCUT2D eigenvalue weighted by molar-refractivity contribution is 5.51. The van der Waals surface area contributed by atoms with Crippen molar-refractivity contribution in [2.75, 3.05) is 0 Å². The van der Waals surface area contributed by atoms with Crippen molar-refractivity contribution in [2.45, 2.75) is 24.7 Å².